The van der Waals surface area contributed by atoms with E-state index in [9.17, 15) is 14.4 Å². The van der Waals surface area contributed by atoms with E-state index in [1.165, 1.54) is 23.3 Å². The van der Waals surface area contributed by atoms with E-state index >= 15 is 0 Å². The normalized spacial score (nSPS) is 10.8. The predicted molar refractivity (Wildman–Crippen MR) is 98.5 cm³/mol. The number of rotatable bonds is 6. The van der Waals surface area contributed by atoms with Crippen molar-refractivity contribution in [1.29, 1.82) is 0 Å². The van der Waals surface area contributed by atoms with Crippen LogP contribution in [0.5, 0.6) is 5.75 Å². The molecule has 3 aromatic rings. The van der Waals surface area contributed by atoms with Crippen LogP contribution in [0.3, 0.4) is 0 Å². The topological polar surface area (TPSA) is 120 Å². The summed E-state index contributed by atoms with van der Waals surface area (Å²) in [6.07, 6.45) is 0. The highest BCUT2D eigenvalue weighted by molar-refractivity contribution is 5.79. The van der Waals surface area contributed by atoms with E-state index in [4.69, 9.17) is 9.47 Å². The van der Waals surface area contributed by atoms with Crippen LogP contribution in [0.25, 0.3) is 11.2 Å². The number of H-pyrrole nitrogens is 1. The lowest BCUT2D eigenvalue weighted by Crippen LogP contribution is -2.29. The van der Waals surface area contributed by atoms with Crippen molar-refractivity contribution in [1.82, 2.24) is 19.1 Å². The van der Waals surface area contributed by atoms with E-state index < -0.39 is 17.2 Å². The molecule has 0 unspecified atom stereocenters. The molecule has 142 valence electrons. The van der Waals surface area contributed by atoms with Crippen LogP contribution in [-0.2, 0) is 23.1 Å². The van der Waals surface area contributed by atoms with Crippen molar-refractivity contribution in [3.05, 3.63) is 45.1 Å². The van der Waals surface area contributed by atoms with E-state index in [1.807, 2.05) is 6.92 Å². The Balaban J connectivity index is 2.10. The standard InChI is InChI=1S/C17H19N5O5/c1-4-27-11-7-5-10(6-8-11)18-16-19-14-13(22(16)9-12(23)26-3)15(24)20-17(25)21(14)2/h5-8H,4,9H2,1-3H3,(H,18,19)(H,20,24,25). The van der Waals surface area contributed by atoms with E-state index in [-0.39, 0.29) is 23.7 Å². The molecule has 0 saturated heterocycles. The first-order chi connectivity index (χ1) is 12.9. The number of hydrogen-bond donors (Lipinski definition) is 2. The van der Waals surface area contributed by atoms with Gasteiger partial charge in [0.25, 0.3) is 5.56 Å². The number of fused-ring (bicyclic) bond motifs is 1. The molecule has 0 amide bonds. The van der Waals surface area contributed by atoms with Crippen LogP contribution in [-0.4, -0.2) is 38.8 Å². The molecule has 2 aromatic heterocycles. The molecule has 0 spiro atoms. The molecule has 0 radical (unpaired) electrons. The van der Waals surface area contributed by atoms with Gasteiger partial charge in [-0.1, -0.05) is 0 Å². The fraction of sp³-hybridized carbons (Fsp3) is 0.294. The third-order valence-corrected chi connectivity index (χ3v) is 3.94. The highest BCUT2D eigenvalue weighted by Crippen LogP contribution is 2.22. The van der Waals surface area contributed by atoms with Gasteiger partial charge in [-0.25, -0.2) is 4.79 Å². The number of ether oxygens (including phenoxy) is 2. The van der Waals surface area contributed by atoms with Gasteiger partial charge in [-0.2, -0.15) is 4.98 Å². The molecular weight excluding hydrogens is 354 g/mol. The van der Waals surface area contributed by atoms with Gasteiger partial charge in [0.15, 0.2) is 11.2 Å². The van der Waals surface area contributed by atoms with Gasteiger partial charge < -0.3 is 14.8 Å². The Morgan fingerprint density at radius 3 is 2.59 bits per heavy atom. The number of methoxy groups -OCH3 is 1. The third kappa shape index (κ3) is 3.54. The SMILES string of the molecule is CCOc1ccc(Nc2nc3c(c(=O)[nH]c(=O)n3C)n2CC(=O)OC)cc1. The highest BCUT2D eigenvalue weighted by Gasteiger charge is 2.19. The minimum absolute atomic E-state index is 0.0935. The Morgan fingerprint density at radius 2 is 1.96 bits per heavy atom. The number of anilines is 2. The molecule has 0 bridgehead atoms. The molecule has 2 heterocycles. The molecular formula is C17H19N5O5. The maximum Gasteiger partial charge on any atom is 0.329 e. The summed E-state index contributed by atoms with van der Waals surface area (Å²) in [6.45, 7) is 2.20. The molecule has 0 fully saturated rings. The lowest BCUT2D eigenvalue weighted by Gasteiger charge is -2.10. The monoisotopic (exact) mass is 373 g/mol. The van der Waals surface area contributed by atoms with Crippen LogP contribution in [0.1, 0.15) is 6.92 Å². The van der Waals surface area contributed by atoms with Crippen molar-refractivity contribution in [3.63, 3.8) is 0 Å². The average Bonchev–Trinajstić information content (AvgIpc) is 3.00. The van der Waals surface area contributed by atoms with Gasteiger partial charge in [-0.15, -0.1) is 0 Å². The summed E-state index contributed by atoms with van der Waals surface area (Å²) in [7, 11) is 2.73. The minimum Gasteiger partial charge on any atom is -0.494 e. The Kier molecular flexibility index (Phi) is 4.97. The van der Waals surface area contributed by atoms with E-state index in [0.717, 1.165) is 0 Å². The Morgan fingerprint density at radius 1 is 1.26 bits per heavy atom. The molecule has 1 aromatic carbocycles. The zero-order chi connectivity index (χ0) is 19.6. The van der Waals surface area contributed by atoms with Gasteiger partial charge in [-0.05, 0) is 31.2 Å². The van der Waals surface area contributed by atoms with Gasteiger partial charge >= 0.3 is 11.7 Å². The largest absolute Gasteiger partial charge is 0.494 e. The van der Waals surface area contributed by atoms with Crippen LogP contribution >= 0.6 is 0 Å². The first kappa shape index (κ1) is 18.2. The first-order valence-electron chi connectivity index (χ1n) is 8.20. The minimum atomic E-state index is -0.635. The van der Waals surface area contributed by atoms with Gasteiger partial charge in [-0.3, -0.25) is 23.7 Å². The second-order valence-corrected chi connectivity index (χ2v) is 5.67. The second-order valence-electron chi connectivity index (χ2n) is 5.67. The smallest absolute Gasteiger partial charge is 0.329 e. The van der Waals surface area contributed by atoms with Crippen LogP contribution in [0.15, 0.2) is 33.9 Å². The maximum absolute atomic E-state index is 12.3. The number of aromatic amines is 1. The molecule has 10 nitrogen and oxygen atoms in total. The fourth-order valence-electron chi connectivity index (χ4n) is 2.61. The Labute approximate surface area is 153 Å². The zero-order valence-electron chi connectivity index (χ0n) is 15.1. The lowest BCUT2D eigenvalue weighted by atomic mass is 10.3. The number of carbonyl (C=O) groups excluding carboxylic acids is 1. The van der Waals surface area contributed by atoms with Gasteiger partial charge in [0.1, 0.15) is 12.3 Å². The van der Waals surface area contributed by atoms with Crippen LogP contribution < -0.4 is 21.3 Å². The number of aromatic nitrogens is 4. The number of nitrogens with one attached hydrogen (secondary N) is 2. The van der Waals surface area contributed by atoms with Gasteiger partial charge in [0, 0.05) is 12.7 Å². The summed E-state index contributed by atoms with van der Waals surface area (Å²) in [6, 6.07) is 7.11. The quantitative estimate of drug-likeness (QED) is 0.611. The van der Waals surface area contributed by atoms with Crippen molar-refractivity contribution in [2.75, 3.05) is 19.0 Å². The van der Waals surface area contributed by atoms with Crippen LogP contribution in [0.4, 0.5) is 11.6 Å². The first-order valence-corrected chi connectivity index (χ1v) is 8.20. The summed E-state index contributed by atoms with van der Waals surface area (Å²) in [4.78, 5) is 42.5. The number of benzene rings is 1. The van der Waals surface area contributed by atoms with Crippen LogP contribution in [0.2, 0.25) is 0 Å². The van der Waals surface area contributed by atoms with Gasteiger partial charge in [0.2, 0.25) is 5.95 Å². The Bertz CT molecular complexity index is 1090. The second kappa shape index (κ2) is 7.36. The molecule has 2 N–H and O–H groups in total. The fourth-order valence-corrected chi connectivity index (χ4v) is 2.61. The summed E-state index contributed by atoms with van der Waals surface area (Å²) < 4.78 is 12.7. The molecule has 0 saturated carbocycles. The number of esters is 1. The molecule has 0 aliphatic rings. The summed E-state index contributed by atoms with van der Waals surface area (Å²) in [5, 5.41) is 3.06. The molecule has 10 heteroatoms. The molecule has 27 heavy (non-hydrogen) atoms. The van der Waals surface area contributed by atoms with Crippen molar-refractivity contribution in [2.24, 2.45) is 7.05 Å². The summed E-state index contributed by atoms with van der Waals surface area (Å²) >= 11 is 0. The third-order valence-electron chi connectivity index (χ3n) is 3.94. The van der Waals surface area contributed by atoms with Gasteiger partial charge in [0.05, 0.1) is 13.7 Å². The van der Waals surface area contributed by atoms with E-state index in [1.54, 1.807) is 24.3 Å². The van der Waals surface area contributed by atoms with E-state index in [0.29, 0.717) is 18.0 Å². The maximum atomic E-state index is 12.3. The zero-order valence-corrected chi connectivity index (χ0v) is 15.1. The summed E-state index contributed by atoms with van der Waals surface area (Å²) in [5.74, 6) is 0.383. The predicted octanol–water partition coefficient (Wildman–Crippen LogP) is 0.739. The van der Waals surface area contributed by atoms with Crippen molar-refractivity contribution in [2.45, 2.75) is 13.5 Å². The number of carbonyl (C=O) groups is 1. The average molecular weight is 373 g/mol. The number of nitrogens with zero attached hydrogens (tertiary/aromatic N) is 3. The van der Waals surface area contributed by atoms with Crippen molar-refractivity contribution in [3.8, 4) is 5.75 Å². The van der Waals surface area contributed by atoms with Crippen LogP contribution in [0, 0.1) is 0 Å². The molecule has 3 rings (SSSR count). The van der Waals surface area contributed by atoms with E-state index in [2.05, 4.69) is 15.3 Å². The Hall–Kier alpha value is -3.56. The molecule has 0 atom stereocenters. The lowest BCUT2D eigenvalue weighted by molar-refractivity contribution is -0.141. The number of aryl methyl sites for hydroxylation is 1. The molecule has 0 aliphatic carbocycles. The number of hydrogen-bond acceptors (Lipinski definition) is 7. The molecule has 0 aliphatic heterocycles. The highest BCUT2D eigenvalue weighted by atomic mass is 16.5. The van der Waals surface area contributed by atoms with Crippen molar-refractivity contribution >= 4 is 28.8 Å². The van der Waals surface area contributed by atoms with Crippen molar-refractivity contribution < 1.29 is 14.3 Å². The number of imidazole rings is 1. The summed E-state index contributed by atoms with van der Waals surface area (Å²) in [5.41, 5.74) is -0.314.